The van der Waals surface area contributed by atoms with Gasteiger partial charge in [0, 0.05) is 30.3 Å². The lowest BCUT2D eigenvalue weighted by Gasteiger charge is -2.33. The second kappa shape index (κ2) is 7.38. The van der Waals surface area contributed by atoms with Gasteiger partial charge >= 0.3 is 0 Å². The van der Waals surface area contributed by atoms with Crippen LogP contribution in [0.4, 0.5) is 0 Å². The summed E-state index contributed by atoms with van der Waals surface area (Å²) in [6.07, 6.45) is 2.75. The van der Waals surface area contributed by atoms with Gasteiger partial charge in [-0.1, -0.05) is 23.8 Å². The average Bonchev–Trinajstić information content (AvgIpc) is 3.39. The highest BCUT2D eigenvalue weighted by Crippen LogP contribution is 2.59. The molecule has 1 N–H and O–H groups in total. The number of aryl methyl sites for hydroxylation is 2. The molecular formula is C23H27N3O2. The molecule has 5 nitrogen and oxygen atoms in total. The molecule has 0 unspecified atom stereocenters. The molecule has 0 radical (unpaired) electrons. The standard InChI is InChI=1S/C23H27N3O2/c1-16-5-3-7-18(13-16)22(28)26-11-9-23(10-12-26)14-20(23)21(27)24-15-19-8-4-6-17(2)25-19/h3-8,13,20H,9-12,14-15H2,1-2H3,(H,24,27)/t20-/m0/s1. The SMILES string of the molecule is Cc1cccc(C(=O)N2CCC3(CC2)C[C@H]3C(=O)NCc2cccc(C)n2)c1. The van der Waals surface area contributed by atoms with Crippen LogP contribution in [0.25, 0.3) is 0 Å². The molecule has 1 aromatic heterocycles. The van der Waals surface area contributed by atoms with E-state index in [1.807, 2.05) is 61.2 Å². The highest BCUT2D eigenvalue weighted by Gasteiger charge is 2.58. The van der Waals surface area contributed by atoms with Crippen molar-refractivity contribution in [3.8, 4) is 0 Å². The van der Waals surface area contributed by atoms with Gasteiger partial charge in [0.25, 0.3) is 5.91 Å². The third-order valence-corrected chi connectivity index (χ3v) is 6.21. The largest absolute Gasteiger partial charge is 0.350 e. The second-order valence-corrected chi connectivity index (χ2v) is 8.27. The van der Waals surface area contributed by atoms with Crippen LogP contribution < -0.4 is 5.32 Å². The number of aromatic nitrogens is 1. The third kappa shape index (κ3) is 3.79. The first kappa shape index (κ1) is 18.7. The molecule has 2 amide bonds. The smallest absolute Gasteiger partial charge is 0.253 e. The van der Waals surface area contributed by atoms with Crippen LogP contribution in [-0.2, 0) is 11.3 Å². The minimum atomic E-state index is 0.0773. The van der Waals surface area contributed by atoms with Crippen molar-refractivity contribution in [3.63, 3.8) is 0 Å². The van der Waals surface area contributed by atoms with E-state index in [9.17, 15) is 9.59 Å². The van der Waals surface area contributed by atoms with Crippen LogP contribution in [-0.4, -0.2) is 34.8 Å². The van der Waals surface area contributed by atoms with E-state index >= 15 is 0 Å². The first-order chi connectivity index (χ1) is 13.5. The minimum Gasteiger partial charge on any atom is -0.350 e. The first-order valence-electron chi connectivity index (χ1n) is 10.0. The zero-order valence-corrected chi connectivity index (χ0v) is 16.6. The van der Waals surface area contributed by atoms with Crippen molar-refractivity contribution < 1.29 is 9.59 Å². The maximum atomic E-state index is 12.7. The number of carbonyl (C=O) groups is 2. The molecule has 2 fully saturated rings. The summed E-state index contributed by atoms with van der Waals surface area (Å²) in [6.45, 7) is 5.89. The second-order valence-electron chi connectivity index (χ2n) is 8.27. The zero-order valence-electron chi connectivity index (χ0n) is 16.6. The summed E-state index contributed by atoms with van der Waals surface area (Å²) in [7, 11) is 0. The number of amides is 2. The fraction of sp³-hybridized carbons (Fsp3) is 0.435. The topological polar surface area (TPSA) is 62.3 Å². The van der Waals surface area contributed by atoms with E-state index in [1.165, 1.54) is 0 Å². The number of piperidine rings is 1. The number of rotatable bonds is 4. The summed E-state index contributed by atoms with van der Waals surface area (Å²) in [4.78, 5) is 31.7. The highest BCUT2D eigenvalue weighted by atomic mass is 16.2. The Kier molecular flexibility index (Phi) is 4.92. The number of hydrogen-bond donors (Lipinski definition) is 1. The van der Waals surface area contributed by atoms with E-state index in [2.05, 4.69) is 10.3 Å². The Morgan fingerprint density at radius 3 is 2.61 bits per heavy atom. The summed E-state index contributed by atoms with van der Waals surface area (Å²) in [5.41, 5.74) is 3.79. The Labute approximate surface area is 166 Å². The molecule has 1 saturated heterocycles. The molecule has 1 atom stereocenters. The molecule has 1 aliphatic heterocycles. The van der Waals surface area contributed by atoms with Crippen LogP contribution in [0.3, 0.4) is 0 Å². The van der Waals surface area contributed by atoms with Gasteiger partial charge in [0.1, 0.15) is 0 Å². The monoisotopic (exact) mass is 377 g/mol. The first-order valence-corrected chi connectivity index (χ1v) is 10.0. The fourth-order valence-electron chi connectivity index (χ4n) is 4.39. The number of pyridine rings is 1. The summed E-state index contributed by atoms with van der Waals surface area (Å²) in [5, 5.41) is 3.04. The molecule has 2 heterocycles. The minimum absolute atomic E-state index is 0.0773. The lowest BCUT2D eigenvalue weighted by molar-refractivity contribution is -0.123. The van der Waals surface area contributed by atoms with Crippen molar-refractivity contribution in [2.75, 3.05) is 13.1 Å². The molecule has 1 saturated carbocycles. The predicted octanol–water partition coefficient (Wildman–Crippen LogP) is 3.26. The Morgan fingerprint density at radius 1 is 1.14 bits per heavy atom. The van der Waals surface area contributed by atoms with Crippen LogP contribution in [0.1, 0.15) is 46.6 Å². The van der Waals surface area contributed by atoms with Crippen LogP contribution in [0.5, 0.6) is 0 Å². The van der Waals surface area contributed by atoms with E-state index in [0.29, 0.717) is 6.54 Å². The van der Waals surface area contributed by atoms with E-state index in [1.54, 1.807) is 0 Å². The molecule has 146 valence electrons. The lowest BCUT2D eigenvalue weighted by atomic mass is 9.90. The summed E-state index contributed by atoms with van der Waals surface area (Å²) in [6, 6.07) is 13.6. The zero-order chi connectivity index (χ0) is 19.7. The van der Waals surface area contributed by atoms with Crippen molar-refractivity contribution in [2.24, 2.45) is 11.3 Å². The maximum Gasteiger partial charge on any atom is 0.253 e. The number of likely N-dealkylation sites (tertiary alicyclic amines) is 1. The van der Waals surface area contributed by atoms with Crippen LogP contribution >= 0.6 is 0 Å². The molecule has 1 spiro atoms. The maximum absolute atomic E-state index is 12.7. The Bertz CT molecular complexity index is 900. The molecular weight excluding hydrogens is 350 g/mol. The molecule has 28 heavy (non-hydrogen) atoms. The molecule has 5 heteroatoms. The van der Waals surface area contributed by atoms with Gasteiger partial charge in [0.15, 0.2) is 0 Å². The molecule has 2 aromatic rings. The lowest BCUT2D eigenvalue weighted by Crippen LogP contribution is -2.40. The van der Waals surface area contributed by atoms with Crippen molar-refractivity contribution in [1.29, 1.82) is 0 Å². The number of carbonyl (C=O) groups excluding carboxylic acids is 2. The van der Waals surface area contributed by atoms with Gasteiger partial charge in [0.05, 0.1) is 12.2 Å². The van der Waals surface area contributed by atoms with Gasteiger partial charge in [-0.05, 0) is 62.8 Å². The normalized spacial score (nSPS) is 20.1. The Balaban J connectivity index is 1.29. The summed E-state index contributed by atoms with van der Waals surface area (Å²) >= 11 is 0. The van der Waals surface area contributed by atoms with Crippen molar-refractivity contribution in [2.45, 2.75) is 39.7 Å². The van der Waals surface area contributed by atoms with Gasteiger partial charge in [0.2, 0.25) is 5.91 Å². The Hall–Kier alpha value is -2.69. The number of benzene rings is 1. The number of nitrogens with one attached hydrogen (secondary N) is 1. The third-order valence-electron chi connectivity index (χ3n) is 6.21. The van der Waals surface area contributed by atoms with Crippen LogP contribution in [0.2, 0.25) is 0 Å². The van der Waals surface area contributed by atoms with Crippen molar-refractivity contribution in [1.82, 2.24) is 15.2 Å². The van der Waals surface area contributed by atoms with Crippen molar-refractivity contribution in [3.05, 3.63) is 65.0 Å². The van der Waals surface area contributed by atoms with Crippen molar-refractivity contribution >= 4 is 11.8 Å². The summed E-state index contributed by atoms with van der Waals surface area (Å²) in [5.74, 6) is 0.307. The molecule has 1 aliphatic carbocycles. The van der Waals surface area contributed by atoms with Crippen LogP contribution in [0.15, 0.2) is 42.5 Å². The van der Waals surface area contributed by atoms with E-state index in [4.69, 9.17) is 0 Å². The van der Waals surface area contributed by atoms with Gasteiger partial charge in [-0.15, -0.1) is 0 Å². The average molecular weight is 377 g/mol. The molecule has 0 bridgehead atoms. The fourth-order valence-corrected chi connectivity index (χ4v) is 4.39. The van der Waals surface area contributed by atoms with Gasteiger partial charge in [-0.3, -0.25) is 14.6 Å². The van der Waals surface area contributed by atoms with Gasteiger partial charge in [-0.25, -0.2) is 0 Å². The van der Waals surface area contributed by atoms with Gasteiger partial charge < -0.3 is 10.2 Å². The predicted molar refractivity (Wildman–Crippen MR) is 108 cm³/mol. The quantitative estimate of drug-likeness (QED) is 0.890. The Morgan fingerprint density at radius 2 is 1.89 bits per heavy atom. The molecule has 4 rings (SSSR count). The van der Waals surface area contributed by atoms with E-state index in [0.717, 1.165) is 54.9 Å². The molecule has 1 aromatic carbocycles. The van der Waals surface area contributed by atoms with E-state index in [-0.39, 0.29) is 23.1 Å². The molecule has 2 aliphatic rings. The van der Waals surface area contributed by atoms with Gasteiger partial charge in [-0.2, -0.15) is 0 Å². The summed E-state index contributed by atoms with van der Waals surface area (Å²) < 4.78 is 0. The van der Waals surface area contributed by atoms with E-state index < -0.39 is 0 Å². The highest BCUT2D eigenvalue weighted by molar-refractivity contribution is 5.94. The number of nitrogens with zero attached hydrogens (tertiary/aromatic N) is 2. The van der Waals surface area contributed by atoms with Crippen LogP contribution in [0, 0.1) is 25.2 Å². The number of hydrogen-bond acceptors (Lipinski definition) is 3.